The number of nitrogen functional groups attached to an aromatic ring is 2. The molecule has 0 saturated carbocycles. The van der Waals surface area contributed by atoms with E-state index in [2.05, 4.69) is 0 Å². The third-order valence-corrected chi connectivity index (χ3v) is 2.12. The third-order valence-electron chi connectivity index (χ3n) is 2.12. The Morgan fingerprint density at radius 3 is 2.38 bits per heavy atom. The second-order valence-electron chi connectivity index (χ2n) is 3.18. The van der Waals surface area contributed by atoms with Gasteiger partial charge < -0.3 is 22.9 Å². The molecule has 4 nitrogen and oxygen atoms in total. The molecule has 0 aliphatic heterocycles. The largest absolute Gasteiger partial charge is 0.397 e. The monoisotopic (exact) mass is 180 g/mol. The predicted octanol–water partition coefficient (Wildman–Crippen LogP) is 0.118. The molecule has 1 aromatic rings. The molecule has 0 radical (unpaired) electrons. The fraction of sp³-hybridized carbons (Fsp3) is 0.333. The minimum atomic E-state index is -0.165. The van der Waals surface area contributed by atoms with Crippen LogP contribution in [-0.4, -0.2) is 6.54 Å². The van der Waals surface area contributed by atoms with Crippen molar-refractivity contribution in [3.63, 3.8) is 0 Å². The van der Waals surface area contributed by atoms with Gasteiger partial charge in [0.05, 0.1) is 11.4 Å². The average Bonchev–Trinajstić information content (AvgIpc) is 2.12. The van der Waals surface area contributed by atoms with Gasteiger partial charge >= 0.3 is 0 Å². The molecule has 0 aliphatic carbocycles. The third kappa shape index (κ3) is 1.91. The lowest BCUT2D eigenvalue weighted by atomic mass is 10.0. The first-order valence-electron chi connectivity index (χ1n) is 4.17. The quantitative estimate of drug-likeness (QED) is 0.485. The Hall–Kier alpha value is -1.26. The lowest BCUT2D eigenvalue weighted by Crippen LogP contribution is -2.21. The Labute approximate surface area is 77.9 Å². The molecule has 0 fully saturated rings. The Kier molecular flexibility index (Phi) is 2.75. The second kappa shape index (κ2) is 3.64. The summed E-state index contributed by atoms with van der Waals surface area (Å²) in [6.45, 7) is 2.31. The molecule has 0 heterocycles. The van der Waals surface area contributed by atoms with E-state index in [-0.39, 0.29) is 6.04 Å². The molecule has 4 heteroatoms. The van der Waals surface area contributed by atoms with Crippen LogP contribution in [0.5, 0.6) is 0 Å². The molecule has 0 amide bonds. The number of rotatable bonds is 2. The topological polar surface area (TPSA) is 104 Å². The van der Waals surface area contributed by atoms with E-state index in [4.69, 9.17) is 22.9 Å². The van der Waals surface area contributed by atoms with E-state index in [1.807, 2.05) is 13.0 Å². The van der Waals surface area contributed by atoms with Gasteiger partial charge in [-0.05, 0) is 24.1 Å². The predicted molar refractivity (Wildman–Crippen MR) is 56.0 cm³/mol. The van der Waals surface area contributed by atoms with Crippen LogP contribution in [0.3, 0.4) is 0 Å². The van der Waals surface area contributed by atoms with E-state index in [0.29, 0.717) is 17.9 Å². The van der Waals surface area contributed by atoms with Gasteiger partial charge in [0.2, 0.25) is 0 Å². The van der Waals surface area contributed by atoms with Gasteiger partial charge in [0.1, 0.15) is 0 Å². The molecule has 0 bridgehead atoms. The highest BCUT2D eigenvalue weighted by atomic mass is 14.7. The summed E-state index contributed by atoms with van der Waals surface area (Å²) in [7, 11) is 0. The number of benzene rings is 1. The number of nitrogens with two attached hydrogens (primary N) is 4. The maximum atomic E-state index is 5.76. The number of aryl methyl sites for hydroxylation is 1. The average molecular weight is 180 g/mol. The van der Waals surface area contributed by atoms with Gasteiger partial charge in [0.15, 0.2) is 0 Å². The Bertz CT molecular complexity index is 285. The lowest BCUT2D eigenvalue weighted by molar-refractivity contribution is 0.737. The summed E-state index contributed by atoms with van der Waals surface area (Å²) in [5.41, 5.74) is 25.7. The molecular formula is C9H16N4. The van der Waals surface area contributed by atoms with Crippen molar-refractivity contribution in [3.8, 4) is 0 Å². The Morgan fingerprint density at radius 2 is 1.92 bits per heavy atom. The summed E-state index contributed by atoms with van der Waals surface area (Å²) in [5, 5.41) is 0. The first-order valence-corrected chi connectivity index (χ1v) is 4.17. The van der Waals surface area contributed by atoms with Crippen LogP contribution in [0.1, 0.15) is 17.2 Å². The zero-order valence-electron chi connectivity index (χ0n) is 7.75. The molecule has 1 atom stereocenters. The van der Waals surface area contributed by atoms with Crippen molar-refractivity contribution in [3.05, 3.63) is 23.3 Å². The van der Waals surface area contributed by atoms with Gasteiger partial charge in [-0.15, -0.1) is 0 Å². The van der Waals surface area contributed by atoms with Crippen LogP contribution >= 0.6 is 0 Å². The normalized spacial score (nSPS) is 12.8. The minimum Gasteiger partial charge on any atom is -0.397 e. The Morgan fingerprint density at radius 1 is 1.31 bits per heavy atom. The lowest BCUT2D eigenvalue weighted by Gasteiger charge is -2.13. The van der Waals surface area contributed by atoms with Crippen molar-refractivity contribution in [2.24, 2.45) is 11.5 Å². The molecule has 1 rings (SSSR count). The van der Waals surface area contributed by atoms with Crippen LogP contribution in [0.25, 0.3) is 0 Å². The van der Waals surface area contributed by atoms with E-state index in [9.17, 15) is 0 Å². The first kappa shape index (κ1) is 9.83. The van der Waals surface area contributed by atoms with E-state index in [0.717, 1.165) is 11.1 Å². The van der Waals surface area contributed by atoms with Crippen LogP contribution < -0.4 is 22.9 Å². The number of anilines is 2. The minimum absolute atomic E-state index is 0.165. The maximum absolute atomic E-state index is 5.76. The van der Waals surface area contributed by atoms with E-state index < -0.39 is 0 Å². The summed E-state index contributed by atoms with van der Waals surface area (Å²) in [4.78, 5) is 0. The number of hydrogen-bond acceptors (Lipinski definition) is 4. The van der Waals surface area contributed by atoms with Crippen LogP contribution in [0.15, 0.2) is 12.1 Å². The molecule has 72 valence electrons. The van der Waals surface area contributed by atoms with Crippen molar-refractivity contribution in [1.29, 1.82) is 0 Å². The van der Waals surface area contributed by atoms with Crippen LogP contribution in [0, 0.1) is 6.92 Å². The molecule has 13 heavy (non-hydrogen) atoms. The second-order valence-corrected chi connectivity index (χ2v) is 3.18. The van der Waals surface area contributed by atoms with Gasteiger partial charge in [-0.1, -0.05) is 6.07 Å². The summed E-state index contributed by atoms with van der Waals surface area (Å²) in [6.07, 6.45) is 0. The standard InChI is InChI=1S/C9H16N4/c1-5-2-6(8(12)4-10)3-7(11)9(5)13/h2-3,8H,4,10-13H2,1H3. The fourth-order valence-electron chi connectivity index (χ4n) is 1.20. The molecular weight excluding hydrogens is 164 g/mol. The van der Waals surface area contributed by atoms with Crippen LogP contribution in [0.2, 0.25) is 0 Å². The highest BCUT2D eigenvalue weighted by Gasteiger charge is 2.07. The van der Waals surface area contributed by atoms with Gasteiger partial charge in [-0.2, -0.15) is 0 Å². The highest BCUT2D eigenvalue weighted by Crippen LogP contribution is 2.23. The van der Waals surface area contributed by atoms with Gasteiger partial charge in [0, 0.05) is 12.6 Å². The van der Waals surface area contributed by atoms with Crippen molar-refractivity contribution < 1.29 is 0 Å². The summed E-state index contributed by atoms with van der Waals surface area (Å²) in [6, 6.07) is 3.53. The smallest absolute Gasteiger partial charge is 0.0577 e. The molecule has 0 spiro atoms. The van der Waals surface area contributed by atoms with Gasteiger partial charge in [-0.3, -0.25) is 0 Å². The van der Waals surface area contributed by atoms with Crippen molar-refractivity contribution >= 4 is 11.4 Å². The first-order chi connectivity index (χ1) is 6.06. The van der Waals surface area contributed by atoms with E-state index >= 15 is 0 Å². The van der Waals surface area contributed by atoms with Gasteiger partial charge in [-0.25, -0.2) is 0 Å². The molecule has 0 aliphatic rings. The summed E-state index contributed by atoms with van der Waals surface area (Å²) >= 11 is 0. The van der Waals surface area contributed by atoms with Crippen molar-refractivity contribution in [2.45, 2.75) is 13.0 Å². The van der Waals surface area contributed by atoms with E-state index in [1.54, 1.807) is 6.07 Å². The van der Waals surface area contributed by atoms with E-state index in [1.165, 1.54) is 0 Å². The fourth-order valence-corrected chi connectivity index (χ4v) is 1.20. The summed E-state index contributed by atoms with van der Waals surface area (Å²) < 4.78 is 0. The molecule has 1 aromatic carbocycles. The number of hydrogen-bond donors (Lipinski definition) is 4. The highest BCUT2D eigenvalue weighted by molar-refractivity contribution is 5.68. The van der Waals surface area contributed by atoms with Crippen molar-refractivity contribution in [1.82, 2.24) is 0 Å². The molecule has 8 N–H and O–H groups in total. The van der Waals surface area contributed by atoms with Crippen molar-refractivity contribution in [2.75, 3.05) is 18.0 Å². The SMILES string of the molecule is Cc1cc(C(N)CN)cc(N)c1N. The molecule has 0 saturated heterocycles. The summed E-state index contributed by atoms with van der Waals surface area (Å²) in [5.74, 6) is 0. The molecule has 0 aromatic heterocycles. The maximum Gasteiger partial charge on any atom is 0.0577 e. The van der Waals surface area contributed by atoms with Crippen LogP contribution in [0.4, 0.5) is 11.4 Å². The van der Waals surface area contributed by atoms with Crippen LogP contribution in [-0.2, 0) is 0 Å². The zero-order chi connectivity index (χ0) is 10.0. The molecule has 1 unspecified atom stereocenters. The Balaban J connectivity index is 3.13. The zero-order valence-corrected chi connectivity index (χ0v) is 7.75. The van der Waals surface area contributed by atoms with Gasteiger partial charge in [0.25, 0.3) is 0 Å².